The Bertz CT molecular complexity index is 1830. The van der Waals surface area contributed by atoms with Gasteiger partial charge < -0.3 is 115 Å². The number of esters is 1. The van der Waals surface area contributed by atoms with Gasteiger partial charge in [0.15, 0.2) is 18.9 Å². The third kappa shape index (κ3) is 28.0. The van der Waals surface area contributed by atoms with E-state index in [1.807, 2.05) is 0 Å². The predicted molar refractivity (Wildman–Crippen MR) is 299 cm³/mol. The van der Waals surface area contributed by atoms with Crippen LogP contribution in [-0.4, -0.2) is 272 Å². The molecule has 0 aromatic rings. The molecule has 29 heteroatoms. The summed E-state index contributed by atoms with van der Waals surface area (Å²) in [5, 5.41) is 101. The summed E-state index contributed by atoms with van der Waals surface area (Å²) in [6, 6.07) is -1.05. The van der Waals surface area contributed by atoms with E-state index >= 15 is 0 Å². The summed E-state index contributed by atoms with van der Waals surface area (Å²) in [5.41, 5.74) is 0. The van der Waals surface area contributed by atoms with Crippen molar-refractivity contribution in [3.8, 4) is 0 Å². The topological polar surface area (TPSA) is 419 Å². The first-order valence-corrected chi connectivity index (χ1v) is 30.1. The molecule has 0 bridgehead atoms. The van der Waals surface area contributed by atoms with Gasteiger partial charge >= 0.3 is 5.97 Å². The van der Waals surface area contributed by atoms with Crippen LogP contribution in [0, 0.1) is 17.8 Å². The number of amides is 5. The second kappa shape index (κ2) is 42.9. The van der Waals surface area contributed by atoms with Gasteiger partial charge in [-0.2, -0.15) is 0 Å². The summed E-state index contributed by atoms with van der Waals surface area (Å²) in [6.45, 7) is 5.05. The molecule has 3 saturated heterocycles. The molecular formula is C56H101N5O24. The van der Waals surface area contributed by atoms with Gasteiger partial charge in [0.25, 0.3) is 0 Å². The Morgan fingerprint density at radius 2 is 0.847 bits per heavy atom. The molecule has 29 nitrogen and oxygen atoms in total. The molecule has 3 heterocycles. The highest BCUT2D eigenvalue weighted by molar-refractivity contribution is 5.88. The zero-order valence-corrected chi connectivity index (χ0v) is 50.0. The van der Waals surface area contributed by atoms with Crippen LogP contribution >= 0.6 is 0 Å². The van der Waals surface area contributed by atoms with Crippen molar-refractivity contribution in [2.75, 3.05) is 106 Å². The van der Waals surface area contributed by atoms with E-state index in [2.05, 4.69) is 26.0 Å². The SMILES string of the molecule is COC(=O)CCCOCCOCCC(=O)NC(CCCCNC(=O)CCCCOC1OC(CO)C(O)C(O)C1C)C(=O)N(CCNC(=O)CCCCOC1OC(CO)C(O)C(O)C1C)CCNC(=O)CCCCOC1OC(CO)C(O)C(O)C1C. The number of nitrogens with zero attached hydrogens (tertiary/aromatic N) is 1. The number of carbonyl (C=O) groups is 6. The lowest BCUT2D eigenvalue weighted by Crippen LogP contribution is -2.55. The summed E-state index contributed by atoms with van der Waals surface area (Å²) in [7, 11) is 1.31. The Labute approximate surface area is 498 Å². The summed E-state index contributed by atoms with van der Waals surface area (Å²) in [4.78, 5) is 79.5. The second-order valence-corrected chi connectivity index (χ2v) is 21.8. The van der Waals surface area contributed by atoms with Crippen molar-refractivity contribution >= 4 is 35.5 Å². The Morgan fingerprint density at radius 3 is 1.25 bits per heavy atom. The van der Waals surface area contributed by atoms with E-state index in [0.29, 0.717) is 64.4 Å². The molecule has 494 valence electrons. The molecule has 85 heavy (non-hydrogen) atoms. The molecular weight excluding hydrogens is 1130 g/mol. The lowest BCUT2D eigenvalue weighted by Gasteiger charge is -2.40. The normalized spacial score (nSPS) is 28.0. The third-order valence-electron chi connectivity index (χ3n) is 15.1. The van der Waals surface area contributed by atoms with Crippen molar-refractivity contribution in [1.82, 2.24) is 26.2 Å². The number of methoxy groups -OCH3 is 1. The largest absolute Gasteiger partial charge is 0.469 e. The molecule has 3 fully saturated rings. The van der Waals surface area contributed by atoms with E-state index in [9.17, 15) is 74.7 Å². The number of carbonyl (C=O) groups excluding carboxylic acids is 6. The fraction of sp³-hybridized carbons (Fsp3) is 0.893. The standard InChI is InChI=1S/C56H101N5O24/c1-35-47(70)50(73)39(32-62)83-54(35)80-26-10-6-15-42(65)57-20-9-5-14-38(60-45(68)19-29-79-31-30-78-25-13-18-46(69)77-4)53(76)61(23-21-58-43(66)16-7-11-27-81-55-36(2)48(71)51(74)40(33-63)84-55)24-22-59-44(67)17-8-12-28-82-56-37(3)49(72)52(75)41(34-64)85-56/h35-41,47-52,54-56,62-64,70-75H,5-34H2,1-4H3,(H,57,65)(H,58,66)(H,59,67)(H,60,68). The van der Waals surface area contributed by atoms with Gasteiger partial charge in [-0.25, -0.2) is 0 Å². The van der Waals surface area contributed by atoms with Crippen LogP contribution in [0.5, 0.6) is 0 Å². The van der Waals surface area contributed by atoms with E-state index in [1.54, 1.807) is 20.8 Å². The number of ether oxygens (including phenoxy) is 9. The summed E-state index contributed by atoms with van der Waals surface area (Å²) < 4.78 is 49.7. The van der Waals surface area contributed by atoms with Crippen LogP contribution in [0.1, 0.15) is 117 Å². The Morgan fingerprint density at radius 1 is 0.447 bits per heavy atom. The molecule has 3 aliphatic heterocycles. The van der Waals surface area contributed by atoms with E-state index in [0.717, 1.165) is 0 Å². The second-order valence-electron chi connectivity index (χ2n) is 21.8. The third-order valence-corrected chi connectivity index (χ3v) is 15.1. The molecule has 16 atom stereocenters. The smallest absolute Gasteiger partial charge is 0.305 e. The molecule has 3 rings (SSSR count). The predicted octanol–water partition coefficient (Wildman–Crippen LogP) is -3.02. The molecule has 0 aromatic heterocycles. The van der Waals surface area contributed by atoms with Crippen molar-refractivity contribution in [1.29, 1.82) is 0 Å². The number of unbranched alkanes of at least 4 members (excludes halogenated alkanes) is 4. The van der Waals surface area contributed by atoms with Crippen LogP contribution in [0.2, 0.25) is 0 Å². The maximum atomic E-state index is 14.5. The molecule has 0 aromatic carbocycles. The van der Waals surface area contributed by atoms with Crippen LogP contribution in [-0.2, 0) is 71.4 Å². The molecule has 0 radical (unpaired) electrons. The van der Waals surface area contributed by atoms with E-state index in [4.69, 9.17) is 37.9 Å². The van der Waals surface area contributed by atoms with Gasteiger partial charge in [-0.1, -0.05) is 20.8 Å². The number of hydrogen-bond donors (Lipinski definition) is 13. The monoisotopic (exact) mass is 1230 g/mol. The fourth-order valence-corrected chi connectivity index (χ4v) is 9.60. The van der Waals surface area contributed by atoms with E-state index in [1.165, 1.54) is 12.0 Å². The average Bonchev–Trinajstić information content (AvgIpc) is 3.67. The summed E-state index contributed by atoms with van der Waals surface area (Å²) >= 11 is 0. The van der Waals surface area contributed by atoms with Gasteiger partial charge in [0.05, 0.1) is 65.1 Å². The summed E-state index contributed by atoms with van der Waals surface area (Å²) in [5.74, 6) is -3.83. The minimum Gasteiger partial charge on any atom is -0.469 e. The molecule has 3 aliphatic rings. The Hall–Kier alpha value is -3.86. The Kier molecular flexibility index (Phi) is 38.1. The molecule has 0 aliphatic carbocycles. The average molecular weight is 1230 g/mol. The van der Waals surface area contributed by atoms with Crippen LogP contribution < -0.4 is 21.3 Å². The lowest BCUT2D eigenvalue weighted by atomic mass is 9.92. The Balaban J connectivity index is 1.58. The molecule has 0 saturated carbocycles. The first kappa shape index (κ1) is 75.4. The zero-order chi connectivity index (χ0) is 62.7. The quantitative estimate of drug-likeness (QED) is 0.0213. The van der Waals surface area contributed by atoms with Gasteiger partial charge in [0.2, 0.25) is 29.5 Å². The van der Waals surface area contributed by atoms with E-state index < -0.39 is 129 Å². The maximum absolute atomic E-state index is 14.5. The molecule has 5 amide bonds. The first-order chi connectivity index (χ1) is 40.8. The minimum absolute atomic E-state index is 0.000300. The van der Waals surface area contributed by atoms with Crippen molar-refractivity contribution < 1.29 is 117 Å². The lowest BCUT2D eigenvalue weighted by molar-refractivity contribution is -0.282. The number of nitrogens with one attached hydrogen (secondary N) is 4. The first-order valence-electron chi connectivity index (χ1n) is 30.1. The molecule has 0 spiro atoms. The van der Waals surface area contributed by atoms with Gasteiger partial charge in [0.1, 0.15) is 42.7 Å². The van der Waals surface area contributed by atoms with Crippen LogP contribution in [0.3, 0.4) is 0 Å². The van der Waals surface area contributed by atoms with E-state index in [-0.39, 0.29) is 135 Å². The summed E-state index contributed by atoms with van der Waals surface area (Å²) in [6.07, 6.45) is -8.15. The highest BCUT2D eigenvalue weighted by atomic mass is 16.7. The van der Waals surface area contributed by atoms with Crippen LogP contribution in [0.25, 0.3) is 0 Å². The van der Waals surface area contributed by atoms with Gasteiger partial charge in [0, 0.05) is 109 Å². The van der Waals surface area contributed by atoms with Crippen molar-refractivity contribution in [3.63, 3.8) is 0 Å². The zero-order valence-electron chi connectivity index (χ0n) is 50.0. The molecule has 13 N–H and O–H groups in total. The van der Waals surface area contributed by atoms with Crippen LogP contribution in [0.15, 0.2) is 0 Å². The minimum atomic E-state index is -1.26. The van der Waals surface area contributed by atoms with Gasteiger partial charge in [-0.3, -0.25) is 28.8 Å². The number of aliphatic hydroxyl groups is 9. The number of hydrogen-bond acceptors (Lipinski definition) is 24. The van der Waals surface area contributed by atoms with Crippen molar-refractivity contribution in [3.05, 3.63) is 0 Å². The molecule has 16 unspecified atom stereocenters. The van der Waals surface area contributed by atoms with Gasteiger partial charge in [-0.05, 0) is 64.2 Å². The highest BCUT2D eigenvalue weighted by Gasteiger charge is 2.44. The number of rotatable bonds is 44. The van der Waals surface area contributed by atoms with Crippen molar-refractivity contribution in [2.24, 2.45) is 17.8 Å². The fourth-order valence-electron chi connectivity index (χ4n) is 9.60. The van der Waals surface area contributed by atoms with Crippen LogP contribution in [0.4, 0.5) is 0 Å². The highest BCUT2D eigenvalue weighted by Crippen LogP contribution is 2.29. The number of aliphatic hydroxyl groups excluding tert-OH is 9. The van der Waals surface area contributed by atoms with Gasteiger partial charge in [-0.15, -0.1) is 0 Å². The van der Waals surface area contributed by atoms with Crippen molar-refractivity contribution in [2.45, 2.75) is 197 Å². The maximum Gasteiger partial charge on any atom is 0.305 e.